The van der Waals surface area contributed by atoms with Gasteiger partial charge in [0.1, 0.15) is 11.6 Å². The summed E-state index contributed by atoms with van der Waals surface area (Å²) < 4.78 is 0. The van der Waals surface area contributed by atoms with E-state index < -0.39 is 6.04 Å². The number of hydrogen-bond donors (Lipinski definition) is 4. The number of hydrogen-bond acceptors (Lipinski definition) is 6. The van der Waals surface area contributed by atoms with Gasteiger partial charge in [-0.05, 0) is 19.8 Å². The van der Waals surface area contributed by atoms with E-state index in [9.17, 15) is 4.79 Å². The summed E-state index contributed by atoms with van der Waals surface area (Å²) in [5.41, 5.74) is 6.73. The van der Waals surface area contributed by atoms with Crippen LogP contribution in [0.5, 0.6) is 0 Å². The number of rotatable bonds is 4. The topological polar surface area (TPSA) is 122 Å². The zero-order valence-corrected chi connectivity index (χ0v) is 10.5. The fraction of sp³-hybridized carbons (Fsp3) is 0.455. The minimum atomic E-state index is -0.401. The summed E-state index contributed by atoms with van der Waals surface area (Å²) in [6.45, 7) is 1.78. The number of carbonyl (C=O) groups is 1. The van der Waals surface area contributed by atoms with Gasteiger partial charge < -0.3 is 21.4 Å². The summed E-state index contributed by atoms with van der Waals surface area (Å²) in [5.74, 6) is 0.558. The molecule has 1 aliphatic carbocycles. The molecule has 3 rings (SSSR count). The predicted octanol–water partition coefficient (Wildman–Crippen LogP) is 0.0141. The number of H-pyrrole nitrogens is 1. The molecule has 2 aromatic heterocycles. The molecule has 19 heavy (non-hydrogen) atoms. The van der Waals surface area contributed by atoms with Crippen LogP contribution in [-0.4, -0.2) is 37.9 Å². The van der Waals surface area contributed by atoms with Crippen LogP contribution in [-0.2, 0) is 4.79 Å². The maximum atomic E-state index is 11.9. The third-order valence-electron chi connectivity index (χ3n) is 2.97. The largest absolute Gasteiger partial charge is 0.368 e. The van der Waals surface area contributed by atoms with E-state index in [4.69, 9.17) is 5.73 Å². The van der Waals surface area contributed by atoms with Crippen molar-refractivity contribution in [2.75, 3.05) is 11.1 Å². The first-order valence-corrected chi connectivity index (χ1v) is 6.17. The molecule has 0 aliphatic heterocycles. The first kappa shape index (κ1) is 11.7. The first-order valence-electron chi connectivity index (χ1n) is 6.17. The molecular weight excluding hydrogens is 246 g/mol. The second-order valence-electron chi connectivity index (χ2n) is 4.68. The molecule has 8 heteroatoms. The lowest BCUT2D eigenvalue weighted by Gasteiger charge is -2.14. The molecule has 0 bridgehead atoms. The minimum Gasteiger partial charge on any atom is -0.368 e. The zero-order chi connectivity index (χ0) is 13.4. The molecule has 1 amide bonds. The van der Waals surface area contributed by atoms with E-state index in [0.29, 0.717) is 23.0 Å². The van der Waals surface area contributed by atoms with Gasteiger partial charge in [0.25, 0.3) is 0 Å². The number of fused-ring (bicyclic) bond motifs is 1. The van der Waals surface area contributed by atoms with E-state index >= 15 is 0 Å². The molecule has 1 fully saturated rings. The first-order chi connectivity index (χ1) is 9.13. The molecule has 1 aliphatic rings. The normalized spacial score (nSPS) is 16.3. The number of carbonyl (C=O) groups excluding carboxylic acids is 1. The smallest absolute Gasteiger partial charge is 0.242 e. The Hall–Kier alpha value is -2.38. The summed E-state index contributed by atoms with van der Waals surface area (Å²) in [6.07, 6.45) is 3.63. The van der Waals surface area contributed by atoms with Crippen LogP contribution in [0, 0.1) is 0 Å². The second kappa shape index (κ2) is 4.38. The van der Waals surface area contributed by atoms with E-state index in [0.717, 1.165) is 12.8 Å². The third-order valence-corrected chi connectivity index (χ3v) is 2.97. The number of aromatic amines is 1. The standard InChI is InChI=1S/C11H15N7O/c1-5(10(19)16-6-2-3-6)15-9-7-8(14-4-13-7)17-11(12)18-9/h4-6H,2-3H2,1H3,(H,16,19)(H4,12,13,14,15,17,18). The average molecular weight is 261 g/mol. The molecule has 0 aromatic carbocycles. The van der Waals surface area contributed by atoms with Gasteiger partial charge in [-0.2, -0.15) is 9.97 Å². The Morgan fingerprint density at radius 2 is 2.32 bits per heavy atom. The van der Waals surface area contributed by atoms with Gasteiger partial charge in [0.2, 0.25) is 11.9 Å². The predicted molar refractivity (Wildman–Crippen MR) is 70.3 cm³/mol. The SMILES string of the molecule is CC(Nc1nc(N)nc2nc[nH]c12)C(=O)NC1CC1. The van der Waals surface area contributed by atoms with Crippen LogP contribution in [0.15, 0.2) is 6.33 Å². The molecule has 2 aromatic rings. The van der Waals surface area contributed by atoms with Crippen LogP contribution >= 0.6 is 0 Å². The van der Waals surface area contributed by atoms with Gasteiger partial charge >= 0.3 is 0 Å². The maximum Gasteiger partial charge on any atom is 0.242 e. The highest BCUT2D eigenvalue weighted by molar-refractivity contribution is 5.89. The van der Waals surface area contributed by atoms with Crippen molar-refractivity contribution in [1.82, 2.24) is 25.3 Å². The van der Waals surface area contributed by atoms with Crippen LogP contribution in [0.3, 0.4) is 0 Å². The molecule has 0 radical (unpaired) electrons. The van der Waals surface area contributed by atoms with E-state index in [2.05, 4.69) is 30.6 Å². The summed E-state index contributed by atoms with van der Waals surface area (Å²) >= 11 is 0. The lowest BCUT2D eigenvalue weighted by atomic mass is 10.3. The van der Waals surface area contributed by atoms with Gasteiger partial charge in [0.15, 0.2) is 11.5 Å². The molecule has 1 atom stereocenters. The van der Waals surface area contributed by atoms with Gasteiger partial charge in [-0.1, -0.05) is 0 Å². The van der Waals surface area contributed by atoms with Crippen molar-refractivity contribution in [3.8, 4) is 0 Å². The summed E-state index contributed by atoms with van der Waals surface area (Å²) in [6, 6.07) is -0.0687. The molecule has 8 nitrogen and oxygen atoms in total. The molecular formula is C11H15N7O. The average Bonchev–Trinajstić information content (AvgIpc) is 3.04. The fourth-order valence-corrected chi connectivity index (χ4v) is 1.78. The Morgan fingerprint density at radius 3 is 3.05 bits per heavy atom. The van der Waals surface area contributed by atoms with Crippen LogP contribution < -0.4 is 16.4 Å². The zero-order valence-electron chi connectivity index (χ0n) is 10.5. The number of nitrogens with two attached hydrogens (primary N) is 1. The van der Waals surface area contributed by atoms with Crippen molar-refractivity contribution in [2.45, 2.75) is 31.8 Å². The fourth-order valence-electron chi connectivity index (χ4n) is 1.78. The number of imidazole rings is 1. The Kier molecular flexibility index (Phi) is 2.69. The van der Waals surface area contributed by atoms with Gasteiger partial charge in [-0.3, -0.25) is 4.79 Å². The van der Waals surface area contributed by atoms with Gasteiger partial charge in [-0.25, -0.2) is 4.98 Å². The molecule has 1 unspecified atom stereocenters. The van der Waals surface area contributed by atoms with Crippen molar-refractivity contribution in [1.29, 1.82) is 0 Å². The summed E-state index contributed by atoms with van der Waals surface area (Å²) in [5, 5.41) is 5.96. The quantitative estimate of drug-likeness (QED) is 0.615. The van der Waals surface area contributed by atoms with Crippen molar-refractivity contribution < 1.29 is 4.79 Å². The number of amides is 1. The highest BCUT2D eigenvalue weighted by Gasteiger charge is 2.26. The number of anilines is 2. The number of nitrogens with one attached hydrogen (secondary N) is 3. The molecule has 1 saturated carbocycles. The number of aromatic nitrogens is 4. The second-order valence-corrected chi connectivity index (χ2v) is 4.68. The van der Waals surface area contributed by atoms with Crippen LogP contribution in [0.1, 0.15) is 19.8 Å². The Balaban J connectivity index is 1.79. The van der Waals surface area contributed by atoms with Gasteiger partial charge in [0, 0.05) is 6.04 Å². The van der Waals surface area contributed by atoms with Crippen LogP contribution in [0.2, 0.25) is 0 Å². The van der Waals surface area contributed by atoms with Crippen LogP contribution in [0.25, 0.3) is 11.2 Å². The van der Waals surface area contributed by atoms with Gasteiger partial charge in [0.05, 0.1) is 6.33 Å². The number of nitrogens with zero attached hydrogens (tertiary/aromatic N) is 3. The highest BCUT2D eigenvalue weighted by Crippen LogP contribution is 2.20. The lowest BCUT2D eigenvalue weighted by molar-refractivity contribution is -0.121. The summed E-state index contributed by atoms with van der Waals surface area (Å²) in [4.78, 5) is 26.9. The van der Waals surface area contributed by atoms with Gasteiger partial charge in [-0.15, -0.1) is 0 Å². The Bertz CT molecular complexity index is 619. The van der Waals surface area contributed by atoms with Crippen molar-refractivity contribution in [2.24, 2.45) is 0 Å². The minimum absolute atomic E-state index is 0.0488. The number of nitrogen functional groups attached to an aromatic ring is 1. The molecule has 0 spiro atoms. The molecule has 5 N–H and O–H groups in total. The lowest BCUT2D eigenvalue weighted by Crippen LogP contribution is -2.38. The highest BCUT2D eigenvalue weighted by atomic mass is 16.2. The maximum absolute atomic E-state index is 11.9. The van der Waals surface area contributed by atoms with Crippen molar-refractivity contribution >= 4 is 28.8 Å². The van der Waals surface area contributed by atoms with E-state index in [1.54, 1.807) is 6.92 Å². The summed E-state index contributed by atoms with van der Waals surface area (Å²) in [7, 11) is 0. The van der Waals surface area contributed by atoms with Crippen molar-refractivity contribution in [3.05, 3.63) is 6.33 Å². The molecule has 100 valence electrons. The van der Waals surface area contributed by atoms with E-state index in [-0.39, 0.29) is 11.9 Å². The van der Waals surface area contributed by atoms with Crippen LogP contribution in [0.4, 0.5) is 11.8 Å². The Morgan fingerprint density at radius 1 is 1.53 bits per heavy atom. The monoisotopic (exact) mass is 261 g/mol. The Labute approximate surface area is 109 Å². The molecule has 0 saturated heterocycles. The third kappa shape index (κ3) is 2.42. The van der Waals surface area contributed by atoms with E-state index in [1.165, 1.54) is 6.33 Å². The molecule has 2 heterocycles. The van der Waals surface area contributed by atoms with Crippen molar-refractivity contribution in [3.63, 3.8) is 0 Å². The van der Waals surface area contributed by atoms with E-state index in [1.807, 2.05) is 0 Å².